The maximum absolute atomic E-state index is 13.3. The van der Waals surface area contributed by atoms with Gasteiger partial charge in [-0.15, -0.1) is 0 Å². The summed E-state index contributed by atoms with van der Waals surface area (Å²) >= 11 is 0. The Kier molecular flexibility index (Phi) is 3.09. The third-order valence-electron chi connectivity index (χ3n) is 3.48. The molecule has 0 aliphatic carbocycles. The lowest BCUT2D eigenvalue weighted by Crippen LogP contribution is -2.02. The maximum Gasteiger partial charge on any atom is 0.228 e. The molecule has 3 aromatic rings. The van der Waals surface area contributed by atoms with Crippen molar-refractivity contribution in [1.29, 1.82) is 0 Å². The van der Waals surface area contributed by atoms with Gasteiger partial charge >= 0.3 is 0 Å². The van der Waals surface area contributed by atoms with Crippen LogP contribution in [-0.2, 0) is 0 Å². The summed E-state index contributed by atoms with van der Waals surface area (Å²) < 4.78 is 31.8. The first kappa shape index (κ1) is 13.5. The van der Waals surface area contributed by atoms with Gasteiger partial charge in [0.1, 0.15) is 5.58 Å². The highest BCUT2D eigenvalue weighted by atomic mass is 19.2. The molecule has 0 unspecified atom stereocenters. The molecule has 0 amide bonds. The van der Waals surface area contributed by atoms with E-state index in [9.17, 15) is 13.6 Å². The Hall–Kier alpha value is -2.49. The quantitative estimate of drug-likeness (QED) is 0.646. The molecule has 0 fully saturated rings. The lowest BCUT2D eigenvalue weighted by molar-refractivity contribution is 0.101. The molecule has 2 aromatic carbocycles. The van der Waals surface area contributed by atoms with Crippen LogP contribution in [0.4, 0.5) is 8.78 Å². The van der Waals surface area contributed by atoms with Gasteiger partial charge in [0, 0.05) is 16.5 Å². The van der Waals surface area contributed by atoms with Crippen molar-refractivity contribution in [3.63, 3.8) is 0 Å². The number of hydrogen-bond donors (Lipinski definition) is 0. The molecule has 3 rings (SSSR count). The van der Waals surface area contributed by atoms with Gasteiger partial charge in [0.25, 0.3) is 0 Å². The zero-order chi connectivity index (χ0) is 15.1. The van der Waals surface area contributed by atoms with Gasteiger partial charge in [0.2, 0.25) is 5.78 Å². The zero-order valence-corrected chi connectivity index (χ0v) is 11.5. The van der Waals surface area contributed by atoms with Crippen molar-refractivity contribution in [2.75, 3.05) is 0 Å². The molecule has 0 atom stereocenters. The van der Waals surface area contributed by atoms with Crippen LogP contribution in [0.25, 0.3) is 11.0 Å². The van der Waals surface area contributed by atoms with E-state index in [4.69, 9.17) is 4.42 Å². The second-order valence-electron chi connectivity index (χ2n) is 5.01. The van der Waals surface area contributed by atoms with Crippen molar-refractivity contribution in [2.24, 2.45) is 0 Å². The van der Waals surface area contributed by atoms with E-state index in [0.717, 1.165) is 23.1 Å². The first-order valence-electron chi connectivity index (χ1n) is 6.47. The topological polar surface area (TPSA) is 30.2 Å². The molecule has 1 aromatic heterocycles. The molecule has 0 saturated heterocycles. The molecule has 0 N–H and O–H groups in total. The Morgan fingerprint density at radius 2 is 1.76 bits per heavy atom. The van der Waals surface area contributed by atoms with E-state index in [0.29, 0.717) is 11.1 Å². The normalized spacial score (nSPS) is 11.0. The van der Waals surface area contributed by atoms with E-state index in [1.165, 1.54) is 6.07 Å². The van der Waals surface area contributed by atoms with Crippen LogP contribution in [0.3, 0.4) is 0 Å². The molecule has 21 heavy (non-hydrogen) atoms. The van der Waals surface area contributed by atoms with Crippen LogP contribution in [0.15, 0.2) is 40.8 Å². The summed E-state index contributed by atoms with van der Waals surface area (Å²) in [5, 5.41) is 0.848. The average Bonchev–Trinajstić information content (AvgIpc) is 2.78. The second-order valence-corrected chi connectivity index (χ2v) is 5.01. The number of hydrogen-bond acceptors (Lipinski definition) is 2. The molecule has 0 spiro atoms. The predicted octanol–water partition coefficient (Wildman–Crippen LogP) is 4.56. The fourth-order valence-electron chi connectivity index (χ4n) is 2.32. The summed E-state index contributed by atoms with van der Waals surface area (Å²) in [5.74, 6) is -2.34. The SMILES string of the molecule is Cc1ccc2oc(C(=O)c3ccc(F)c(F)c3)c(C)c2c1. The minimum absolute atomic E-state index is 0.0628. The van der Waals surface area contributed by atoms with Crippen molar-refractivity contribution < 1.29 is 18.0 Å². The Balaban J connectivity index is 2.13. The highest BCUT2D eigenvalue weighted by Gasteiger charge is 2.20. The van der Waals surface area contributed by atoms with E-state index in [1.54, 1.807) is 13.0 Å². The van der Waals surface area contributed by atoms with Crippen molar-refractivity contribution in [3.05, 3.63) is 70.5 Å². The van der Waals surface area contributed by atoms with Crippen molar-refractivity contribution in [3.8, 4) is 0 Å². The molecule has 4 heteroatoms. The molecule has 0 radical (unpaired) electrons. The number of rotatable bonds is 2. The highest BCUT2D eigenvalue weighted by molar-refractivity contribution is 6.10. The number of carbonyl (C=O) groups is 1. The summed E-state index contributed by atoms with van der Waals surface area (Å²) in [6, 6.07) is 8.67. The van der Waals surface area contributed by atoms with E-state index in [1.807, 2.05) is 19.1 Å². The zero-order valence-electron chi connectivity index (χ0n) is 11.5. The fourth-order valence-corrected chi connectivity index (χ4v) is 2.32. The first-order chi connectivity index (χ1) is 9.97. The molecule has 2 nitrogen and oxygen atoms in total. The van der Waals surface area contributed by atoms with Gasteiger partial charge in [0.15, 0.2) is 17.4 Å². The summed E-state index contributed by atoms with van der Waals surface area (Å²) in [4.78, 5) is 12.4. The number of benzene rings is 2. The number of carbonyl (C=O) groups excluding carboxylic acids is 1. The van der Waals surface area contributed by atoms with E-state index in [-0.39, 0.29) is 11.3 Å². The Morgan fingerprint density at radius 1 is 1.00 bits per heavy atom. The lowest BCUT2D eigenvalue weighted by Gasteiger charge is -2.00. The fraction of sp³-hybridized carbons (Fsp3) is 0.118. The molecule has 0 bridgehead atoms. The van der Waals surface area contributed by atoms with Crippen LogP contribution in [0.1, 0.15) is 27.2 Å². The first-order valence-corrected chi connectivity index (χ1v) is 6.47. The number of ketones is 1. The third-order valence-corrected chi connectivity index (χ3v) is 3.48. The Morgan fingerprint density at radius 3 is 2.48 bits per heavy atom. The minimum atomic E-state index is -1.05. The average molecular weight is 286 g/mol. The van der Waals surface area contributed by atoms with Crippen LogP contribution in [-0.4, -0.2) is 5.78 Å². The minimum Gasteiger partial charge on any atom is -0.452 e. The second kappa shape index (κ2) is 4.81. The van der Waals surface area contributed by atoms with Gasteiger partial charge in [-0.2, -0.15) is 0 Å². The monoisotopic (exact) mass is 286 g/mol. The maximum atomic E-state index is 13.3. The molecule has 0 aliphatic heterocycles. The Labute approximate surface area is 120 Å². The van der Waals surface area contributed by atoms with Crippen molar-refractivity contribution in [2.45, 2.75) is 13.8 Å². The molecular weight excluding hydrogens is 274 g/mol. The number of halogens is 2. The Bertz CT molecular complexity index is 863. The highest BCUT2D eigenvalue weighted by Crippen LogP contribution is 2.28. The number of furan rings is 1. The summed E-state index contributed by atoms with van der Waals surface area (Å²) in [7, 11) is 0. The van der Waals surface area contributed by atoms with E-state index >= 15 is 0 Å². The lowest BCUT2D eigenvalue weighted by atomic mass is 10.0. The van der Waals surface area contributed by atoms with Crippen molar-refractivity contribution >= 4 is 16.8 Å². The van der Waals surface area contributed by atoms with Gasteiger partial charge < -0.3 is 4.42 Å². The van der Waals surface area contributed by atoms with Gasteiger partial charge in [-0.05, 0) is 44.2 Å². The predicted molar refractivity (Wildman–Crippen MR) is 75.5 cm³/mol. The molecule has 106 valence electrons. The van der Waals surface area contributed by atoms with Gasteiger partial charge in [0.05, 0.1) is 0 Å². The van der Waals surface area contributed by atoms with Gasteiger partial charge in [-0.25, -0.2) is 8.78 Å². The summed E-state index contributed by atoms with van der Waals surface area (Å²) in [5.41, 5.74) is 2.42. The van der Waals surface area contributed by atoms with Crippen LogP contribution in [0.2, 0.25) is 0 Å². The molecular formula is C17H12F2O2. The van der Waals surface area contributed by atoms with Crippen LogP contribution < -0.4 is 0 Å². The van der Waals surface area contributed by atoms with Crippen LogP contribution in [0.5, 0.6) is 0 Å². The number of aryl methyl sites for hydroxylation is 2. The van der Waals surface area contributed by atoms with E-state index < -0.39 is 17.4 Å². The molecule has 1 heterocycles. The van der Waals surface area contributed by atoms with Crippen LogP contribution >= 0.6 is 0 Å². The number of fused-ring (bicyclic) bond motifs is 1. The van der Waals surface area contributed by atoms with Gasteiger partial charge in [-0.1, -0.05) is 11.6 Å². The summed E-state index contributed by atoms with van der Waals surface area (Å²) in [6.07, 6.45) is 0. The van der Waals surface area contributed by atoms with Crippen molar-refractivity contribution in [1.82, 2.24) is 0 Å². The van der Waals surface area contributed by atoms with Crippen LogP contribution in [0, 0.1) is 25.5 Å². The van der Waals surface area contributed by atoms with E-state index in [2.05, 4.69) is 0 Å². The summed E-state index contributed by atoms with van der Waals surface area (Å²) in [6.45, 7) is 3.72. The molecule has 0 aliphatic rings. The van der Waals surface area contributed by atoms with Gasteiger partial charge in [-0.3, -0.25) is 4.79 Å². The third kappa shape index (κ3) is 2.23. The standard InChI is InChI=1S/C17H12F2O2/c1-9-3-6-15-12(7-9)10(2)17(21-15)16(20)11-4-5-13(18)14(19)8-11/h3-8H,1-2H3. The smallest absolute Gasteiger partial charge is 0.228 e. The largest absolute Gasteiger partial charge is 0.452 e. The molecule has 0 saturated carbocycles.